The standard InChI is InChI=1S/C16H21N3O4S/c1-12(2)16(20)18-6-3-7-19(9-8-18)24(21,22)13-4-5-14-15(10-13)23-11-17-14/h4-5,10-12H,3,6-9H2,1-2H3. The van der Waals surface area contributed by atoms with Crippen molar-refractivity contribution in [2.45, 2.75) is 25.2 Å². The molecule has 3 rings (SSSR count). The van der Waals surface area contributed by atoms with E-state index in [1.807, 2.05) is 13.8 Å². The number of aromatic nitrogens is 1. The average Bonchev–Trinajstić information content (AvgIpc) is 2.88. The highest BCUT2D eigenvalue weighted by Gasteiger charge is 2.29. The molecule has 1 aliphatic rings. The van der Waals surface area contributed by atoms with Gasteiger partial charge in [-0.2, -0.15) is 4.31 Å². The number of fused-ring (bicyclic) bond motifs is 1. The van der Waals surface area contributed by atoms with Crippen molar-refractivity contribution < 1.29 is 17.6 Å². The summed E-state index contributed by atoms with van der Waals surface area (Å²) in [5, 5.41) is 0. The molecular weight excluding hydrogens is 330 g/mol. The van der Waals surface area contributed by atoms with E-state index in [0.29, 0.717) is 43.7 Å². The Hall–Kier alpha value is -1.93. The summed E-state index contributed by atoms with van der Waals surface area (Å²) < 4.78 is 32.4. The Morgan fingerprint density at radius 3 is 2.75 bits per heavy atom. The SMILES string of the molecule is CC(C)C(=O)N1CCCN(S(=O)(=O)c2ccc3ncoc3c2)CC1. The van der Waals surface area contributed by atoms with Gasteiger partial charge in [-0.05, 0) is 18.6 Å². The van der Waals surface area contributed by atoms with Crippen LogP contribution in [0.2, 0.25) is 0 Å². The number of amides is 1. The summed E-state index contributed by atoms with van der Waals surface area (Å²) in [7, 11) is -3.62. The average molecular weight is 351 g/mol. The lowest BCUT2D eigenvalue weighted by atomic mass is 10.2. The summed E-state index contributed by atoms with van der Waals surface area (Å²) in [5.41, 5.74) is 1.07. The summed E-state index contributed by atoms with van der Waals surface area (Å²) in [6.07, 6.45) is 1.92. The normalized spacial score (nSPS) is 17.4. The Balaban J connectivity index is 1.81. The first-order valence-electron chi connectivity index (χ1n) is 8.02. The maximum atomic E-state index is 12.9. The number of carbonyl (C=O) groups excluding carboxylic acids is 1. The Morgan fingerprint density at radius 1 is 1.21 bits per heavy atom. The first-order valence-corrected chi connectivity index (χ1v) is 9.46. The van der Waals surface area contributed by atoms with E-state index in [1.165, 1.54) is 16.8 Å². The molecule has 1 aromatic carbocycles. The van der Waals surface area contributed by atoms with Crippen molar-refractivity contribution in [3.8, 4) is 0 Å². The van der Waals surface area contributed by atoms with Crippen LogP contribution in [0.15, 0.2) is 33.9 Å². The highest BCUT2D eigenvalue weighted by atomic mass is 32.2. The van der Waals surface area contributed by atoms with E-state index in [9.17, 15) is 13.2 Å². The fourth-order valence-corrected chi connectivity index (χ4v) is 4.35. The predicted octanol–water partition coefficient (Wildman–Crippen LogP) is 1.71. The van der Waals surface area contributed by atoms with Crippen LogP contribution in [-0.2, 0) is 14.8 Å². The number of nitrogens with zero attached hydrogens (tertiary/aromatic N) is 3. The van der Waals surface area contributed by atoms with Gasteiger partial charge >= 0.3 is 0 Å². The molecule has 0 saturated carbocycles. The molecule has 0 atom stereocenters. The summed E-state index contributed by atoms with van der Waals surface area (Å²) in [5.74, 6) is -0.0145. The molecule has 0 unspecified atom stereocenters. The van der Waals surface area contributed by atoms with E-state index >= 15 is 0 Å². The number of oxazole rings is 1. The molecular formula is C16H21N3O4S. The van der Waals surface area contributed by atoms with Crippen LogP contribution >= 0.6 is 0 Å². The van der Waals surface area contributed by atoms with E-state index < -0.39 is 10.0 Å². The monoisotopic (exact) mass is 351 g/mol. The summed E-state index contributed by atoms with van der Waals surface area (Å²) in [4.78, 5) is 18.1. The topological polar surface area (TPSA) is 83.7 Å². The van der Waals surface area contributed by atoms with Gasteiger partial charge in [0.05, 0.1) is 4.90 Å². The molecule has 8 heteroatoms. The number of hydrogen-bond acceptors (Lipinski definition) is 5. The highest BCUT2D eigenvalue weighted by Crippen LogP contribution is 2.22. The van der Waals surface area contributed by atoms with Crippen LogP contribution in [-0.4, -0.2) is 54.7 Å². The molecule has 24 heavy (non-hydrogen) atoms. The van der Waals surface area contributed by atoms with Crippen molar-refractivity contribution in [2.75, 3.05) is 26.2 Å². The molecule has 0 spiro atoms. The number of carbonyl (C=O) groups is 1. The number of rotatable bonds is 3. The first kappa shape index (κ1) is 16.9. The van der Waals surface area contributed by atoms with E-state index in [1.54, 1.807) is 17.0 Å². The van der Waals surface area contributed by atoms with Gasteiger partial charge in [0.15, 0.2) is 12.0 Å². The van der Waals surface area contributed by atoms with Crippen LogP contribution in [0.5, 0.6) is 0 Å². The molecule has 1 amide bonds. The third-order valence-electron chi connectivity index (χ3n) is 4.20. The molecule has 0 N–H and O–H groups in total. The lowest BCUT2D eigenvalue weighted by molar-refractivity contribution is -0.134. The van der Waals surface area contributed by atoms with Crippen LogP contribution in [0.4, 0.5) is 0 Å². The van der Waals surface area contributed by atoms with Crippen LogP contribution in [0.25, 0.3) is 11.1 Å². The zero-order chi connectivity index (χ0) is 17.3. The van der Waals surface area contributed by atoms with Crippen molar-refractivity contribution in [2.24, 2.45) is 5.92 Å². The Morgan fingerprint density at radius 2 is 2.00 bits per heavy atom. The molecule has 1 aliphatic heterocycles. The molecule has 1 aromatic heterocycles. The van der Waals surface area contributed by atoms with Crippen molar-refractivity contribution in [1.82, 2.24) is 14.2 Å². The Labute approximate surface area is 141 Å². The maximum Gasteiger partial charge on any atom is 0.243 e. The molecule has 2 heterocycles. The Kier molecular flexibility index (Phi) is 4.60. The predicted molar refractivity (Wildman–Crippen MR) is 88.8 cm³/mol. The van der Waals surface area contributed by atoms with Crippen LogP contribution in [0.1, 0.15) is 20.3 Å². The van der Waals surface area contributed by atoms with E-state index in [0.717, 1.165) is 0 Å². The minimum atomic E-state index is -3.62. The molecule has 2 aromatic rings. The van der Waals surface area contributed by atoms with E-state index in [4.69, 9.17) is 4.42 Å². The van der Waals surface area contributed by atoms with Gasteiger partial charge < -0.3 is 9.32 Å². The minimum absolute atomic E-state index is 0.0670. The third kappa shape index (κ3) is 3.16. The summed E-state index contributed by atoms with van der Waals surface area (Å²) in [6.45, 7) is 5.42. The molecule has 1 saturated heterocycles. The van der Waals surface area contributed by atoms with Crippen LogP contribution in [0, 0.1) is 5.92 Å². The zero-order valence-electron chi connectivity index (χ0n) is 13.8. The van der Waals surface area contributed by atoms with Gasteiger partial charge in [0, 0.05) is 38.2 Å². The van der Waals surface area contributed by atoms with Crippen molar-refractivity contribution in [3.05, 3.63) is 24.6 Å². The van der Waals surface area contributed by atoms with Crippen LogP contribution < -0.4 is 0 Å². The van der Waals surface area contributed by atoms with Gasteiger partial charge in [-0.15, -0.1) is 0 Å². The molecule has 0 aliphatic carbocycles. The summed E-state index contributed by atoms with van der Waals surface area (Å²) in [6, 6.07) is 4.68. The maximum absolute atomic E-state index is 12.9. The number of sulfonamides is 1. The largest absolute Gasteiger partial charge is 0.443 e. The number of hydrogen-bond donors (Lipinski definition) is 0. The van der Waals surface area contributed by atoms with Crippen molar-refractivity contribution in [3.63, 3.8) is 0 Å². The Bertz CT molecular complexity index is 844. The fraction of sp³-hybridized carbons (Fsp3) is 0.500. The lowest BCUT2D eigenvalue weighted by Gasteiger charge is -2.23. The molecule has 130 valence electrons. The van der Waals surface area contributed by atoms with Crippen molar-refractivity contribution >= 4 is 27.0 Å². The quantitative estimate of drug-likeness (QED) is 0.840. The zero-order valence-corrected chi connectivity index (χ0v) is 14.6. The van der Waals surface area contributed by atoms with E-state index in [-0.39, 0.29) is 16.7 Å². The number of benzene rings is 1. The van der Waals surface area contributed by atoms with Crippen molar-refractivity contribution in [1.29, 1.82) is 0 Å². The molecule has 0 bridgehead atoms. The van der Waals surface area contributed by atoms with E-state index in [2.05, 4.69) is 4.98 Å². The third-order valence-corrected chi connectivity index (χ3v) is 6.10. The van der Waals surface area contributed by atoms with Gasteiger partial charge in [0.2, 0.25) is 15.9 Å². The molecule has 0 radical (unpaired) electrons. The van der Waals surface area contributed by atoms with Gasteiger partial charge in [-0.1, -0.05) is 13.8 Å². The first-order chi connectivity index (χ1) is 11.4. The van der Waals surface area contributed by atoms with Crippen LogP contribution in [0.3, 0.4) is 0 Å². The van der Waals surface area contributed by atoms with Gasteiger partial charge in [-0.3, -0.25) is 4.79 Å². The second-order valence-corrected chi connectivity index (χ2v) is 8.16. The highest BCUT2D eigenvalue weighted by molar-refractivity contribution is 7.89. The van der Waals surface area contributed by atoms with Gasteiger partial charge in [-0.25, -0.2) is 13.4 Å². The minimum Gasteiger partial charge on any atom is -0.443 e. The second-order valence-electron chi connectivity index (χ2n) is 6.22. The van der Waals surface area contributed by atoms with Gasteiger partial charge in [0.25, 0.3) is 0 Å². The molecule has 7 nitrogen and oxygen atoms in total. The fourth-order valence-electron chi connectivity index (χ4n) is 2.86. The smallest absolute Gasteiger partial charge is 0.243 e. The lowest BCUT2D eigenvalue weighted by Crippen LogP contribution is -2.38. The second kappa shape index (κ2) is 6.52. The van der Waals surface area contributed by atoms with Gasteiger partial charge in [0.1, 0.15) is 5.52 Å². The molecule has 1 fully saturated rings. The summed E-state index contributed by atoms with van der Waals surface area (Å²) >= 11 is 0.